The van der Waals surface area contributed by atoms with Gasteiger partial charge in [-0.1, -0.05) is 13.0 Å². The largest absolute Gasteiger partial charge is 0.340 e. The van der Waals surface area contributed by atoms with Gasteiger partial charge >= 0.3 is 0 Å². The van der Waals surface area contributed by atoms with Gasteiger partial charge in [-0.2, -0.15) is 0 Å². The molecule has 2 unspecified atom stereocenters. The summed E-state index contributed by atoms with van der Waals surface area (Å²) in [6.45, 7) is 4.97. The van der Waals surface area contributed by atoms with Crippen molar-refractivity contribution >= 4 is 5.91 Å². The molecule has 2 heterocycles. The van der Waals surface area contributed by atoms with Crippen LogP contribution in [0.2, 0.25) is 0 Å². The molecule has 2 rings (SSSR count). The second-order valence-electron chi connectivity index (χ2n) is 5.86. The zero-order chi connectivity index (χ0) is 14.4. The first-order valence-electron chi connectivity index (χ1n) is 7.51. The topological polar surface area (TPSA) is 45.2 Å². The highest BCUT2D eigenvalue weighted by molar-refractivity contribution is 5.76. The molecule has 1 N–H and O–H groups in total. The molecule has 0 bridgehead atoms. The van der Waals surface area contributed by atoms with E-state index in [1.165, 1.54) is 12.8 Å². The molecule has 20 heavy (non-hydrogen) atoms. The van der Waals surface area contributed by atoms with Crippen LogP contribution >= 0.6 is 0 Å². The normalized spacial score (nSPS) is 20.4. The van der Waals surface area contributed by atoms with Gasteiger partial charge in [0, 0.05) is 19.7 Å². The Morgan fingerprint density at radius 3 is 3.05 bits per heavy atom. The molecular weight excluding hydrogens is 250 g/mol. The van der Waals surface area contributed by atoms with E-state index < -0.39 is 0 Å². The van der Waals surface area contributed by atoms with Crippen molar-refractivity contribution in [3.63, 3.8) is 0 Å². The Kier molecular flexibility index (Phi) is 5.53. The van der Waals surface area contributed by atoms with E-state index in [1.807, 2.05) is 25.2 Å². The highest BCUT2D eigenvalue weighted by Gasteiger charge is 2.23. The smallest absolute Gasteiger partial charge is 0.222 e. The van der Waals surface area contributed by atoms with Crippen molar-refractivity contribution in [2.45, 2.75) is 32.7 Å². The Balaban J connectivity index is 1.81. The van der Waals surface area contributed by atoms with Crippen LogP contribution in [0.15, 0.2) is 24.4 Å². The van der Waals surface area contributed by atoms with Crippen LogP contribution in [-0.2, 0) is 11.3 Å². The van der Waals surface area contributed by atoms with Crippen LogP contribution < -0.4 is 5.32 Å². The van der Waals surface area contributed by atoms with Gasteiger partial charge in [0.05, 0.1) is 12.2 Å². The summed E-state index contributed by atoms with van der Waals surface area (Å²) in [5, 5.41) is 3.42. The van der Waals surface area contributed by atoms with Crippen molar-refractivity contribution in [1.29, 1.82) is 0 Å². The van der Waals surface area contributed by atoms with Crippen LogP contribution in [-0.4, -0.2) is 35.9 Å². The van der Waals surface area contributed by atoms with Crippen LogP contribution in [0.4, 0.5) is 0 Å². The molecule has 0 aliphatic carbocycles. The van der Waals surface area contributed by atoms with Crippen LogP contribution in [0, 0.1) is 11.8 Å². The zero-order valence-corrected chi connectivity index (χ0v) is 12.5. The summed E-state index contributed by atoms with van der Waals surface area (Å²) in [7, 11) is 1.86. The highest BCUT2D eigenvalue weighted by atomic mass is 16.2. The van der Waals surface area contributed by atoms with E-state index in [-0.39, 0.29) is 5.91 Å². The van der Waals surface area contributed by atoms with Gasteiger partial charge in [-0.05, 0) is 49.9 Å². The van der Waals surface area contributed by atoms with Crippen molar-refractivity contribution in [2.24, 2.45) is 11.8 Å². The monoisotopic (exact) mass is 275 g/mol. The molecule has 0 saturated carbocycles. The molecule has 110 valence electrons. The third-order valence-corrected chi connectivity index (χ3v) is 4.19. The molecule has 1 amide bonds. The van der Waals surface area contributed by atoms with Crippen LogP contribution in [0.5, 0.6) is 0 Å². The number of nitrogens with one attached hydrogen (secondary N) is 1. The summed E-state index contributed by atoms with van der Waals surface area (Å²) in [4.78, 5) is 18.3. The maximum absolute atomic E-state index is 12.3. The molecule has 1 aromatic rings. The first-order valence-corrected chi connectivity index (χ1v) is 7.51. The van der Waals surface area contributed by atoms with Crippen molar-refractivity contribution in [3.05, 3.63) is 30.1 Å². The fraction of sp³-hybridized carbons (Fsp3) is 0.625. The average molecular weight is 275 g/mol. The number of rotatable bonds is 5. The second kappa shape index (κ2) is 7.39. The van der Waals surface area contributed by atoms with Gasteiger partial charge in [-0.15, -0.1) is 0 Å². The minimum absolute atomic E-state index is 0.216. The fourth-order valence-electron chi connectivity index (χ4n) is 2.79. The lowest BCUT2D eigenvalue weighted by molar-refractivity contribution is -0.131. The van der Waals surface area contributed by atoms with Crippen molar-refractivity contribution < 1.29 is 4.79 Å². The van der Waals surface area contributed by atoms with Crippen molar-refractivity contribution in [1.82, 2.24) is 15.2 Å². The lowest BCUT2D eigenvalue weighted by Gasteiger charge is -2.29. The predicted octanol–water partition coefficient (Wildman–Crippen LogP) is 2.07. The lowest BCUT2D eigenvalue weighted by atomic mass is 9.85. The number of hydrogen-bond acceptors (Lipinski definition) is 3. The van der Waals surface area contributed by atoms with Crippen LogP contribution in [0.25, 0.3) is 0 Å². The standard InChI is InChI=1S/C16H25N3O/c1-13(14-6-5-8-17-11-14)10-16(20)19(2)12-15-7-3-4-9-18-15/h3-4,7,9,13-14,17H,5-6,8,10-12H2,1-2H3. The molecule has 4 heteroatoms. The Morgan fingerprint density at radius 1 is 1.55 bits per heavy atom. The third kappa shape index (κ3) is 4.30. The zero-order valence-electron chi connectivity index (χ0n) is 12.5. The minimum Gasteiger partial charge on any atom is -0.340 e. The molecule has 0 radical (unpaired) electrons. The minimum atomic E-state index is 0.216. The lowest BCUT2D eigenvalue weighted by Crippen LogP contribution is -2.36. The van der Waals surface area contributed by atoms with E-state index in [1.54, 1.807) is 11.1 Å². The van der Waals surface area contributed by atoms with E-state index >= 15 is 0 Å². The summed E-state index contributed by atoms with van der Waals surface area (Å²) in [6.07, 6.45) is 4.87. The molecule has 1 fully saturated rings. The SMILES string of the molecule is CC(CC(=O)N(C)Cc1ccccn1)C1CCCNC1. The highest BCUT2D eigenvalue weighted by Crippen LogP contribution is 2.23. The summed E-state index contributed by atoms with van der Waals surface area (Å²) < 4.78 is 0. The quantitative estimate of drug-likeness (QED) is 0.894. The van der Waals surface area contributed by atoms with Crippen molar-refractivity contribution in [2.75, 3.05) is 20.1 Å². The number of pyridine rings is 1. The molecule has 1 aliphatic rings. The number of carbonyl (C=O) groups is 1. The summed E-state index contributed by atoms with van der Waals surface area (Å²) in [5.74, 6) is 1.30. The predicted molar refractivity (Wildman–Crippen MR) is 80.1 cm³/mol. The van der Waals surface area contributed by atoms with Gasteiger partial charge < -0.3 is 10.2 Å². The molecule has 1 saturated heterocycles. The third-order valence-electron chi connectivity index (χ3n) is 4.19. The van der Waals surface area contributed by atoms with Gasteiger partial charge in [-0.3, -0.25) is 9.78 Å². The molecule has 1 aromatic heterocycles. The van der Waals surface area contributed by atoms with Gasteiger partial charge in [0.1, 0.15) is 0 Å². The summed E-state index contributed by atoms with van der Waals surface area (Å²) in [6, 6.07) is 5.80. The molecule has 1 aliphatic heterocycles. The molecule has 4 nitrogen and oxygen atoms in total. The Labute approximate surface area is 121 Å². The number of hydrogen-bond donors (Lipinski definition) is 1. The molecule has 0 spiro atoms. The summed E-state index contributed by atoms with van der Waals surface area (Å²) in [5.41, 5.74) is 0.940. The molecular formula is C16H25N3O. The number of aromatic nitrogens is 1. The fourth-order valence-corrected chi connectivity index (χ4v) is 2.79. The van der Waals surface area contributed by atoms with E-state index in [9.17, 15) is 4.79 Å². The Bertz CT molecular complexity index is 415. The van der Waals surface area contributed by atoms with Gasteiger partial charge in [0.2, 0.25) is 5.91 Å². The van der Waals surface area contributed by atoms with Crippen LogP contribution in [0.3, 0.4) is 0 Å². The number of piperidine rings is 1. The van der Waals surface area contributed by atoms with Gasteiger partial charge in [-0.25, -0.2) is 0 Å². The average Bonchev–Trinajstić information content (AvgIpc) is 2.49. The van der Waals surface area contributed by atoms with E-state index in [4.69, 9.17) is 0 Å². The molecule has 0 aromatic carbocycles. The van der Waals surface area contributed by atoms with Gasteiger partial charge in [0.25, 0.3) is 0 Å². The van der Waals surface area contributed by atoms with E-state index in [0.717, 1.165) is 18.8 Å². The first kappa shape index (κ1) is 15.0. The van der Waals surface area contributed by atoms with Crippen LogP contribution in [0.1, 0.15) is 31.9 Å². The number of nitrogens with zero attached hydrogens (tertiary/aromatic N) is 2. The number of carbonyl (C=O) groups excluding carboxylic acids is 1. The number of amides is 1. The van der Waals surface area contributed by atoms with E-state index in [0.29, 0.717) is 24.8 Å². The molecule has 2 atom stereocenters. The maximum atomic E-state index is 12.3. The second-order valence-corrected chi connectivity index (χ2v) is 5.86. The summed E-state index contributed by atoms with van der Waals surface area (Å²) >= 11 is 0. The Morgan fingerprint density at radius 2 is 2.40 bits per heavy atom. The first-order chi connectivity index (χ1) is 9.66. The van der Waals surface area contributed by atoms with Gasteiger partial charge in [0.15, 0.2) is 0 Å². The van der Waals surface area contributed by atoms with E-state index in [2.05, 4.69) is 17.2 Å². The van der Waals surface area contributed by atoms with Crippen molar-refractivity contribution in [3.8, 4) is 0 Å². The maximum Gasteiger partial charge on any atom is 0.222 e. The Hall–Kier alpha value is -1.42.